The monoisotopic (exact) mass is 162 g/mol. The van der Waals surface area contributed by atoms with Crippen LogP contribution in [0, 0.1) is 0 Å². The SMILES string of the molecule is OO.[Fe].[O]=[Fe]. The van der Waals surface area contributed by atoms with Gasteiger partial charge in [0.25, 0.3) is 0 Å². The van der Waals surface area contributed by atoms with Crippen LogP contribution in [-0.4, -0.2) is 10.5 Å². The summed E-state index contributed by atoms with van der Waals surface area (Å²) in [5.74, 6) is 0. The maximum atomic E-state index is 8.00. The normalized spacial score (nSPS) is 2.20. The molecule has 36 valence electrons. The van der Waals surface area contributed by atoms with Gasteiger partial charge in [-0.3, -0.25) is 10.5 Å². The Kier molecular flexibility index (Phi) is 400. The van der Waals surface area contributed by atoms with Crippen LogP contribution in [0.5, 0.6) is 0 Å². The van der Waals surface area contributed by atoms with Crippen LogP contribution in [0.4, 0.5) is 0 Å². The van der Waals surface area contributed by atoms with Crippen LogP contribution in [0.1, 0.15) is 0 Å². The van der Waals surface area contributed by atoms with Gasteiger partial charge >= 0.3 is 19.8 Å². The minimum absolute atomic E-state index is 0. The first-order valence-electron chi connectivity index (χ1n) is 0.344. The second-order valence-corrected chi connectivity index (χ2v) is 0. The summed E-state index contributed by atoms with van der Waals surface area (Å²) < 4.78 is 8.00. The van der Waals surface area contributed by atoms with E-state index in [2.05, 4.69) is 0 Å². The van der Waals surface area contributed by atoms with Gasteiger partial charge in [-0.05, 0) is 0 Å². The van der Waals surface area contributed by atoms with E-state index in [1.807, 2.05) is 15.9 Å². The molecule has 0 rings (SSSR count). The van der Waals surface area contributed by atoms with Crippen molar-refractivity contribution < 1.29 is 47.4 Å². The standard InChI is InChI=1S/2Fe.H2O2.O/c;;1-2;/h;;1-2H;. The fourth-order valence-electron chi connectivity index (χ4n) is 0. The summed E-state index contributed by atoms with van der Waals surface area (Å²) in [6.07, 6.45) is 0. The zero-order valence-corrected chi connectivity index (χ0v) is 4.22. The fourth-order valence-corrected chi connectivity index (χ4v) is 0. The summed E-state index contributed by atoms with van der Waals surface area (Å²) in [6, 6.07) is 0. The molecule has 0 aliphatic heterocycles. The second-order valence-electron chi connectivity index (χ2n) is 0. The van der Waals surface area contributed by atoms with Crippen LogP contribution in [0.15, 0.2) is 0 Å². The molecule has 0 fully saturated rings. The summed E-state index contributed by atoms with van der Waals surface area (Å²) in [6.45, 7) is 0. The molecule has 0 atom stereocenters. The van der Waals surface area contributed by atoms with Gasteiger partial charge in [0.2, 0.25) is 0 Å². The Hall–Kier alpha value is 0.759. The Labute approximate surface area is 47.8 Å². The molecule has 0 spiro atoms. The van der Waals surface area contributed by atoms with Gasteiger partial charge in [0.1, 0.15) is 0 Å². The van der Waals surface area contributed by atoms with Crippen molar-refractivity contribution in [1.29, 1.82) is 0 Å². The molecule has 0 unspecified atom stereocenters. The molecule has 0 heterocycles. The van der Waals surface area contributed by atoms with Gasteiger partial charge in [0, 0.05) is 17.1 Å². The van der Waals surface area contributed by atoms with Crippen molar-refractivity contribution in [3.05, 3.63) is 0 Å². The van der Waals surface area contributed by atoms with Crippen LogP contribution < -0.4 is 0 Å². The first-order valence-corrected chi connectivity index (χ1v) is 0.795. The predicted octanol–water partition coefficient (Wildman–Crippen LogP) is -0.106. The van der Waals surface area contributed by atoms with E-state index >= 15 is 0 Å². The van der Waals surface area contributed by atoms with Gasteiger partial charge in [-0.1, -0.05) is 0 Å². The van der Waals surface area contributed by atoms with E-state index in [1.165, 1.54) is 0 Å². The van der Waals surface area contributed by atoms with Crippen molar-refractivity contribution in [2.75, 3.05) is 0 Å². The summed E-state index contributed by atoms with van der Waals surface area (Å²) in [5, 5.41) is 12.0. The molecule has 0 aromatic rings. The molecule has 0 radical (unpaired) electrons. The van der Waals surface area contributed by atoms with Crippen molar-refractivity contribution in [2.24, 2.45) is 0 Å². The van der Waals surface area contributed by atoms with E-state index in [-0.39, 0.29) is 17.1 Å². The van der Waals surface area contributed by atoms with Crippen molar-refractivity contribution in [3.63, 3.8) is 0 Å². The molecule has 2 N–H and O–H groups in total. The molecule has 0 aromatic carbocycles. The Balaban J connectivity index is -0.0000000133. The van der Waals surface area contributed by atoms with E-state index in [0.29, 0.717) is 0 Å². The molecule has 0 amide bonds. The minimum atomic E-state index is 0. The Morgan fingerprint density at radius 1 is 1.20 bits per heavy atom. The quantitative estimate of drug-likeness (QED) is 0.296. The van der Waals surface area contributed by atoms with Gasteiger partial charge in [0.05, 0.1) is 0 Å². The van der Waals surface area contributed by atoms with Crippen molar-refractivity contribution >= 4 is 0 Å². The molecule has 0 aliphatic rings. The molecule has 5 heavy (non-hydrogen) atoms. The number of rotatable bonds is 0. The van der Waals surface area contributed by atoms with Crippen molar-refractivity contribution in [1.82, 2.24) is 0 Å². The van der Waals surface area contributed by atoms with Crippen LogP contribution in [0.25, 0.3) is 0 Å². The Morgan fingerprint density at radius 3 is 1.20 bits per heavy atom. The summed E-state index contributed by atoms with van der Waals surface area (Å²) in [4.78, 5) is 0. The molecule has 0 bridgehead atoms. The zero-order valence-electron chi connectivity index (χ0n) is 2.01. The van der Waals surface area contributed by atoms with Gasteiger partial charge in [-0.15, -0.1) is 0 Å². The van der Waals surface area contributed by atoms with Crippen molar-refractivity contribution in [2.45, 2.75) is 0 Å². The second kappa shape index (κ2) is 117. The fraction of sp³-hybridized carbons (Fsp3) is 0. The Morgan fingerprint density at radius 2 is 1.20 bits per heavy atom. The third-order valence-electron chi connectivity index (χ3n) is 0. The molecule has 0 aromatic heterocycles. The van der Waals surface area contributed by atoms with E-state index in [1.54, 1.807) is 0 Å². The molecule has 0 aliphatic carbocycles. The predicted molar refractivity (Wildman–Crippen MR) is 5.94 cm³/mol. The number of hydrogen-bond donors (Lipinski definition) is 2. The van der Waals surface area contributed by atoms with Gasteiger partial charge in [-0.2, -0.15) is 0 Å². The average molecular weight is 162 g/mol. The van der Waals surface area contributed by atoms with Crippen molar-refractivity contribution in [3.8, 4) is 0 Å². The molecule has 5 heteroatoms. The molecule has 0 saturated carbocycles. The van der Waals surface area contributed by atoms with Crippen LogP contribution >= 0.6 is 0 Å². The van der Waals surface area contributed by atoms with Gasteiger partial charge in [0.15, 0.2) is 0 Å². The van der Waals surface area contributed by atoms with E-state index in [0.717, 1.165) is 0 Å². The number of hydrogen-bond acceptors (Lipinski definition) is 3. The third-order valence-corrected chi connectivity index (χ3v) is 0. The summed E-state index contributed by atoms with van der Waals surface area (Å²) in [5.41, 5.74) is 0. The van der Waals surface area contributed by atoms with E-state index in [9.17, 15) is 0 Å². The molecular weight excluding hydrogens is 160 g/mol. The van der Waals surface area contributed by atoms with Crippen LogP contribution in [0.2, 0.25) is 0 Å². The Bertz CT molecular complexity index is 4.85. The molecular formula is H2Fe2O3. The molecule has 3 nitrogen and oxygen atoms in total. The van der Waals surface area contributed by atoms with E-state index in [4.69, 9.17) is 14.3 Å². The average Bonchev–Trinajstić information content (AvgIpc) is 1.50. The molecule has 0 saturated heterocycles. The van der Waals surface area contributed by atoms with Crippen LogP contribution in [0.3, 0.4) is 0 Å². The third kappa shape index (κ3) is 62.9. The van der Waals surface area contributed by atoms with Gasteiger partial charge < -0.3 is 0 Å². The zero-order chi connectivity index (χ0) is 4.00. The first-order chi connectivity index (χ1) is 2.00. The topological polar surface area (TPSA) is 57.5 Å². The summed E-state index contributed by atoms with van der Waals surface area (Å²) in [7, 11) is 0. The van der Waals surface area contributed by atoms with E-state index < -0.39 is 0 Å². The summed E-state index contributed by atoms with van der Waals surface area (Å²) >= 11 is 2.00. The first kappa shape index (κ1) is 17.1. The maximum absolute atomic E-state index is 8.00. The van der Waals surface area contributed by atoms with Gasteiger partial charge in [-0.25, -0.2) is 0 Å². The van der Waals surface area contributed by atoms with Crippen LogP contribution in [-0.2, 0) is 36.8 Å².